The van der Waals surface area contributed by atoms with Crippen molar-refractivity contribution in [3.8, 4) is 5.75 Å². The molecule has 1 aromatic rings. The van der Waals surface area contributed by atoms with E-state index in [0.717, 1.165) is 0 Å². The Bertz CT molecular complexity index is 529. The molecule has 0 aromatic heterocycles. The summed E-state index contributed by atoms with van der Waals surface area (Å²) in [4.78, 5) is -0.150. The van der Waals surface area contributed by atoms with Crippen LogP contribution in [0.15, 0.2) is 34.2 Å². The second-order valence-electron chi connectivity index (χ2n) is 3.08. The van der Waals surface area contributed by atoms with Crippen molar-refractivity contribution in [3.05, 3.63) is 34.3 Å². The van der Waals surface area contributed by atoms with Gasteiger partial charge in [0.05, 0.1) is 11.6 Å². The number of hydrogen-bond donors (Lipinski definition) is 0. The van der Waals surface area contributed by atoms with E-state index in [4.69, 9.17) is 27.0 Å². The Morgan fingerprint density at radius 1 is 1.47 bits per heavy atom. The summed E-state index contributed by atoms with van der Waals surface area (Å²) in [6.07, 6.45) is 2.23. The Kier molecular flexibility index (Phi) is 5.31. The molecule has 0 aliphatic rings. The second kappa shape index (κ2) is 6.09. The van der Waals surface area contributed by atoms with Gasteiger partial charge in [-0.15, -0.1) is 6.58 Å². The van der Waals surface area contributed by atoms with Gasteiger partial charge in [-0.2, -0.15) is 0 Å². The van der Waals surface area contributed by atoms with Gasteiger partial charge in [0.2, 0.25) is 0 Å². The maximum Gasteiger partial charge on any atom is 0.265 e. The summed E-state index contributed by atoms with van der Waals surface area (Å²) in [7, 11) is 1.40. The van der Waals surface area contributed by atoms with Crippen molar-refractivity contribution < 1.29 is 13.2 Å². The predicted molar refractivity (Wildman–Crippen MR) is 72.5 cm³/mol. The first kappa shape index (κ1) is 14.8. The molecule has 7 heteroatoms. The number of hydrogen-bond acceptors (Lipinski definition) is 3. The number of rotatable bonds is 5. The van der Waals surface area contributed by atoms with Crippen molar-refractivity contribution in [2.75, 3.05) is 6.61 Å². The predicted octanol–water partition coefficient (Wildman–Crippen LogP) is 3.98. The lowest BCUT2D eigenvalue weighted by molar-refractivity contribution is 0.317. The topological polar surface area (TPSA) is 43.4 Å². The smallest absolute Gasteiger partial charge is 0.265 e. The third-order valence-electron chi connectivity index (χ3n) is 1.81. The number of ether oxygens (including phenoxy) is 1. The summed E-state index contributed by atoms with van der Waals surface area (Å²) in [6.45, 7) is 3.82. The summed E-state index contributed by atoms with van der Waals surface area (Å²) in [5.41, 5.74) is 0. The van der Waals surface area contributed by atoms with E-state index in [0.29, 0.717) is 10.9 Å². The first-order valence-electron chi connectivity index (χ1n) is 4.53. The van der Waals surface area contributed by atoms with E-state index in [1.54, 1.807) is 6.08 Å². The molecule has 0 fully saturated rings. The van der Waals surface area contributed by atoms with Crippen LogP contribution in [-0.4, -0.2) is 15.0 Å². The molecule has 0 saturated heterocycles. The highest BCUT2D eigenvalue weighted by atomic mass is 79.9. The molecule has 0 saturated carbocycles. The third kappa shape index (κ3) is 4.17. The maximum atomic E-state index is 11.4. The molecule has 1 aromatic carbocycles. The molecule has 0 radical (unpaired) electrons. The van der Waals surface area contributed by atoms with E-state index in [9.17, 15) is 8.42 Å². The van der Waals surface area contributed by atoms with E-state index < -0.39 is 9.05 Å². The number of halogens is 3. The zero-order valence-corrected chi connectivity index (χ0v) is 12.5. The fourth-order valence-corrected chi connectivity index (χ4v) is 3.18. The monoisotopic (exact) mass is 358 g/mol. The van der Waals surface area contributed by atoms with Gasteiger partial charge in [0.25, 0.3) is 9.05 Å². The van der Waals surface area contributed by atoms with Gasteiger partial charge < -0.3 is 4.74 Å². The van der Waals surface area contributed by atoms with Crippen LogP contribution in [0.5, 0.6) is 5.75 Å². The van der Waals surface area contributed by atoms with Crippen LogP contribution in [0.2, 0.25) is 5.02 Å². The minimum Gasteiger partial charge on any atom is -0.490 e. The molecule has 0 aliphatic carbocycles. The molecule has 0 atom stereocenters. The molecule has 3 nitrogen and oxygen atoms in total. The van der Waals surface area contributed by atoms with Crippen LogP contribution in [0.25, 0.3) is 0 Å². The van der Waals surface area contributed by atoms with Gasteiger partial charge in [0.15, 0.2) is 5.75 Å². The average Bonchev–Trinajstić information content (AvgIpc) is 2.19. The highest BCUT2D eigenvalue weighted by molar-refractivity contribution is 9.10. The van der Waals surface area contributed by atoms with E-state index in [-0.39, 0.29) is 22.3 Å². The Hall–Kier alpha value is -0.230. The van der Waals surface area contributed by atoms with E-state index in [1.165, 1.54) is 12.1 Å². The van der Waals surface area contributed by atoms with Gasteiger partial charge in [-0.1, -0.05) is 33.6 Å². The van der Waals surface area contributed by atoms with Crippen molar-refractivity contribution >= 4 is 47.3 Å². The normalized spacial score (nSPS) is 11.2. The SMILES string of the molecule is C=CCCOc1c(Cl)cc(Br)cc1S(=O)(=O)Cl. The first-order valence-corrected chi connectivity index (χ1v) is 8.01. The maximum absolute atomic E-state index is 11.4. The molecular weight excluding hydrogens is 351 g/mol. The molecule has 0 aliphatic heterocycles. The molecule has 0 spiro atoms. The van der Waals surface area contributed by atoms with Crippen LogP contribution in [0.1, 0.15) is 6.42 Å². The number of benzene rings is 1. The molecular formula is C10H9BrCl2O3S. The largest absolute Gasteiger partial charge is 0.490 e. The highest BCUT2D eigenvalue weighted by Gasteiger charge is 2.20. The van der Waals surface area contributed by atoms with Gasteiger partial charge in [0, 0.05) is 15.2 Å². The van der Waals surface area contributed by atoms with Crippen molar-refractivity contribution in [1.82, 2.24) is 0 Å². The highest BCUT2D eigenvalue weighted by Crippen LogP contribution is 2.37. The van der Waals surface area contributed by atoms with E-state index >= 15 is 0 Å². The fraction of sp³-hybridized carbons (Fsp3) is 0.200. The summed E-state index contributed by atoms with van der Waals surface area (Å²) >= 11 is 9.06. The van der Waals surface area contributed by atoms with Crippen LogP contribution >= 0.6 is 38.2 Å². The van der Waals surface area contributed by atoms with Gasteiger partial charge in [0.1, 0.15) is 4.90 Å². The Morgan fingerprint density at radius 2 is 2.12 bits per heavy atom. The minimum absolute atomic E-state index is 0.0618. The Balaban J connectivity index is 3.21. The summed E-state index contributed by atoms with van der Waals surface area (Å²) in [5, 5.41) is 0.183. The lowest BCUT2D eigenvalue weighted by atomic mass is 10.3. The van der Waals surface area contributed by atoms with Crippen molar-refractivity contribution in [2.45, 2.75) is 11.3 Å². The first-order chi connectivity index (χ1) is 7.86. The molecule has 0 heterocycles. The standard InChI is InChI=1S/C10H9BrCl2O3S/c1-2-3-4-16-10-8(12)5-7(11)6-9(10)17(13,14)15/h2,5-6H,1,3-4H2. The van der Waals surface area contributed by atoms with Crippen LogP contribution in [0, 0.1) is 0 Å². The van der Waals surface area contributed by atoms with Crippen LogP contribution in [-0.2, 0) is 9.05 Å². The fourth-order valence-electron chi connectivity index (χ4n) is 1.10. The molecule has 0 unspecified atom stereocenters. The van der Waals surface area contributed by atoms with Crippen molar-refractivity contribution in [1.29, 1.82) is 0 Å². The third-order valence-corrected chi connectivity index (χ3v) is 3.87. The van der Waals surface area contributed by atoms with Crippen LogP contribution in [0.4, 0.5) is 0 Å². The zero-order valence-electron chi connectivity index (χ0n) is 8.62. The summed E-state index contributed by atoms with van der Waals surface area (Å²) < 4.78 is 28.6. The van der Waals surface area contributed by atoms with Crippen molar-refractivity contribution in [3.63, 3.8) is 0 Å². The van der Waals surface area contributed by atoms with Crippen LogP contribution in [0.3, 0.4) is 0 Å². The molecule has 0 amide bonds. The van der Waals surface area contributed by atoms with Gasteiger partial charge >= 0.3 is 0 Å². The van der Waals surface area contributed by atoms with Crippen LogP contribution < -0.4 is 4.74 Å². The Labute approximate surface area is 118 Å². The van der Waals surface area contributed by atoms with Gasteiger partial charge in [-0.25, -0.2) is 8.42 Å². The summed E-state index contributed by atoms with van der Waals surface area (Å²) in [5.74, 6) is 0.0618. The van der Waals surface area contributed by atoms with Crippen molar-refractivity contribution in [2.24, 2.45) is 0 Å². The lowest BCUT2D eigenvalue weighted by Gasteiger charge is -2.11. The molecule has 94 valence electrons. The zero-order chi connectivity index (χ0) is 13.1. The Morgan fingerprint density at radius 3 is 2.65 bits per heavy atom. The van der Waals surface area contributed by atoms with Gasteiger partial charge in [-0.3, -0.25) is 0 Å². The van der Waals surface area contributed by atoms with E-state index in [1.807, 2.05) is 0 Å². The summed E-state index contributed by atoms with van der Waals surface area (Å²) in [6, 6.07) is 2.88. The average molecular weight is 360 g/mol. The quantitative estimate of drug-likeness (QED) is 0.453. The molecule has 17 heavy (non-hydrogen) atoms. The van der Waals surface area contributed by atoms with Gasteiger partial charge in [-0.05, 0) is 18.6 Å². The lowest BCUT2D eigenvalue weighted by Crippen LogP contribution is -2.02. The molecule has 1 rings (SSSR count). The van der Waals surface area contributed by atoms with E-state index in [2.05, 4.69) is 22.5 Å². The minimum atomic E-state index is -3.91. The molecule has 0 bridgehead atoms. The molecule has 0 N–H and O–H groups in total. The second-order valence-corrected chi connectivity index (χ2v) is 6.94.